The van der Waals surface area contributed by atoms with Crippen molar-refractivity contribution in [1.29, 1.82) is 0 Å². The Morgan fingerprint density at radius 3 is 2.74 bits per heavy atom. The summed E-state index contributed by atoms with van der Waals surface area (Å²) in [5.74, 6) is 0.127. The first-order chi connectivity index (χ1) is 8.99. The summed E-state index contributed by atoms with van der Waals surface area (Å²) in [5, 5.41) is 0. The zero-order valence-corrected chi connectivity index (χ0v) is 12.9. The van der Waals surface area contributed by atoms with Gasteiger partial charge >= 0.3 is 0 Å². The lowest BCUT2D eigenvalue weighted by atomic mass is 10.1. The van der Waals surface area contributed by atoms with E-state index in [4.69, 9.17) is 4.74 Å². The summed E-state index contributed by atoms with van der Waals surface area (Å²) in [4.78, 5) is 2.13. The number of hydrogen-bond donors (Lipinski definition) is 0. The van der Waals surface area contributed by atoms with Gasteiger partial charge in [0.15, 0.2) is 0 Å². The zero-order chi connectivity index (χ0) is 13.9. The van der Waals surface area contributed by atoms with Crippen molar-refractivity contribution in [3.05, 3.63) is 0 Å². The third-order valence-corrected chi connectivity index (χ3v) is 6.14. The summed E-state index contributed by atoms with van der Waals surface area (Å²) < 4.78 is 32.4. The van der Waals surface area contributed by atoms with E-state index in [-0.39, 0.29) is 17.9 Å². The molecule has 2 unspecified atom stereocenters. The van der Waals surface area contributed by atoms with Gasteiger partial charge in [0.25, 0.3) is 0 Å². The van der Waals surface area contributed by atoms with Crippen molar-refractivity contribution in [3.8, 4) is 0 Å². The van der Waals surface area contributed by atoms with Crippen molar-refractivity contribution in [1.82, 2.24) is 9.21 Å². The molecule has 0 spiro atoms. The Morgan fingerprint density at radius 2 is 2.00 bits per heavy atom. The quantitative estimate of drug-likeness (QED) is 0.775. The molecule has 2 rings (SSSR count). The molecule has 2 fully saturated rings. The van der Waals surface area contributed by atoms with Crippen LogP contribution in [0, 0.1) is 0 Å². The van der Waals surface area contributed by atoms with Crippen LogP contribution in [0.15, 0.2) is 0 Å². The highest BCUT2D eigenvalue weighted by atomic mass is 32.2. The number of morpholine rings is 1. The number of ether oxygens (including phenoxy) is 1. The number of likely N-dealkylation sites (N-methyl/N-ethyl adjacent to an activating group) is 1. The van der Waals surface area contributed by atoms with Crippen LogP contribution in [-0.4, -0.2) is 68.8 Å². The molecular formula is C13H26N2O3S. The lowest BCUT2D eigenvalue weighted by Crippen LogP contribution is -2.47. The first-order valence-corrected chi connectivity index (χ1v) is 8.89. The number of sulfonamides is 1. The minimum absolute atomic E-state index is 0.127. The van der Waals surface area contributed by atoms with E-state index < -0.39 is 10.0 Å². The lowest BCUT2D eigenvalue weighted by Gasteiger charge is -2.32. The predicted octanol–water partition coefficient (Wildman–Crippen LogP) is 0.911. The monoisotopic (exact) mass is 290 g/mol. The summed E-state index contributed by atoms with van der Waals surface area (Å²) in [6.07, 6.45) is 4.05. The molecule has 5 nitrogen and oxygen atoms in total. The molecule has 0 aliphatic carbocycles. The molecule has 112 valence electrons. The molecule has 0 saturated carbocycles. The molecule has 2 heterocycles. The highest BCUT2D eigenvalue weighted by Crippen LogP contribution is 2.21. The second-order valence-electron chi connectivity index (χ2n) is 5.84. The second kappa shape index (κ2) is 6.52. The Kier molecular flexibility index (Phi) is 5.22. The van der Waals surface area contributed by atoms with Gasteiger partial charge in [-0.1, -0.05) is 12.8 Å². The molecule has 2 aliphatic rings. The van der Waals surface area contributed by atoms with E-state index in [9.17, 15) is 8.42 Å². The number of hydrogen-bond acceptors (Lipinski definition) is 4. The van der Waals surface area contributed by atoms with E-state index in [1.807, 2.05) is 14.0 Å². The van der Waals surface area contributed by atoms with Crippen LogP contribution in [-0.2, 0) is 14.8 Å². The van der Waals surface area contributed by atoms with Gasteiger partial charge in [0.05, 0.1) is 18.5 Å². The van der Waals surface area contributed by atoms with Crippen molar-refractivity contribution in [3.63, 3.8) is 0 Å². The topological polar surface area (TPSA) is 49.9 Å². The third-order valence-electron chi connectivity index (χ3n) is 4.09. The van der Waals surface area contributed by atoms with Crippen LogP contribution in [0.2, 0.25) is 0 Å². The summed E-state index contributed by atoms with van der Waals surface area (Å²) in [6.45, 7) is 4.92. The summed E-state index contributed by atoms with van der Waals surface area (Å²) in [6, 6.07) is 0.133. The smallest absolute Gasteiger partial charge is 0.216 e. The van der Waals surface area contributed by atoms with E-state index in [0.717, 1.165) is 32.2 Å². The minimum atomic E-state index is -3.20. The molecule has 6 heteroatoms. The van der Waals surface area contributed by atoms with Gasteiger partial charge in [0.2, 0.25) is 10.0 Å². The maximum absolute atomic E-state index is 12.6. The Bertz CT molecular complexity index is 385. The normalized spacial score (nSPS) is 32.1. The van der Waals surface area contributed by atoms with Gasteiger partial charge in [-0.2, -0.15) is 4.31 Å². The third kappa shape index (κ3) is 4.15. The average Bonchev–Trinajstić information content (AvgIpc) is 2.53. The molecule has 0 amide bonds. The molecule has 2 atom stereocenters. The van der Waals surface area contributed by atoms with Gasteiger partial charge < -0.3 is 9.64 Å². The van der Waals surface area contributed by atoms with Crippen LogP contribution >= 0.6 is 0 Å². The summed E-state index contributed by atoms with van der Waals surface area (Å²) in [5.41, 5.74) is 0. The fourth-order valence-corrected chi connectivity index (χ4v) is 4.88. The standard InChI is InChI=1S/C13H26N2O3S/c1-12-6-4-3-5-7-15(12)19(16,17)11-13-10-14(2)8-9-18-13/h12-13H,3-11H2,1-2H3. The van der Waals surface area contributed by atoms with Gasteiger partial charge in [0.1, 0.15) is 0 Å². The average molecular weight is 290 g/mol. The largest absolute Gasteiger partial charge is 0.374 e. The van der Waals surface area contributed by atoms with Crippen molar-refractivity contribution in [2.45, 2.75) is 44.8 Å². The molecular weight excluding hydrogens is 264 g/mol. The highest BCUT2D eigenvalue weighted by Gasteiger charge is 2.32. The van der Waals surface area contributed by atoms with Crippen LogP contribution in [0.25, 0.3) is 0 Å². The van der Waals surface area contributed by atoms with Crippen molar-refractivity contribution < 1.29 is 13.2 Å². The first-order valence-electron chi connectivity index (χ1n) is 7.29. The van der Waals surface area contributed by atoms with E-state index in [1.165, 1.54) is 0 Å². The molecule has 2 aliphatic heterocycles. The summed E-state index contributed by atoms with van der Waals surface area (Å²) in [7, 11) is -1.19. The van der Waals surface area contributed by atoms with E-state index in [0.29, 0.717) is 19.7 Å². The van der Waals surface area contributed by atoms with Crippen LogP contribution in [0.4, 0.5) is 0 Å². The van der Waals surface area contributed by atoms with Crippen LogP contribution in [0.1, 0.15) is 32.6 Å². The Morgan fingerprint density at radius 1 is 1.21 bits per heavy atom. The van der Waals surface area contributed by atoms with Crippen molar-refractivity contribution >= 4 is 10.0 Å². The second-order valence-corrected chi connectivity index (χ2v) is 7.81. The van der Waals surface area contributed by atoms with Gasteiger partial charge in [-0.05, 0) is 26.8 Å². The lowest BCUT2D eigenvalue weighted by molar-refractivity contribution is -0.00737. The molecule has 19 heavy (non-hydrogen) atoms. The fourth-order valence-electron chi connectivity index (χ4n) is 2.96. The van der Waals surface area contributed by atoms with E-state index in [2.05, 4.69) is 4.90 Å². The van der Waals surface area contributed by atoms with E-state index >= 15 is 0 Å². The Hall–Kier alpha value is -0.170. The maximum Gasteiger partial charge on any atom is 0.216 e. The fraction of sp³-hybridized carbons (Fsp3) is 1.00. The first kappa shape index (κ1) is 15.2. The maximum atomic E-state index is 12.6. The number of nitrogens with zero attached hydrogens (tertiary/aromatic N) is 2. The Labute approximate surface area is 117 Å². The Balaban J connectivity index is 2.00. The van der Waals surface area contributed by atoms with Gasteiger partial charge in [-0.3, -0.25) is 0 Å². The van der Waals surface area contributed by atoms with Crippen molar-refractivity contribution in [2.24, 2.45) is 0 Å². The van der Waals surface area contributed by atoms with Crippen LogP contribution in [0.5, 0.6) is 0 Å². The molecule has 2 saturated heterocycles. The molecule has 0 aromatic heterocycles. The van der Waals surface area contributed by atoms with Gasteiger partial charge in [0, 0.05) is 25.7 Å². The van der Waals surface area contributed by atoms with Gasteiger partial charge in [-0.25, -0.2) is 8.42 Å². The van der Waals surface area contributed by atoms with Crippen LogP contribution < -0.4 is 0 Å². The molecule has 0 N–H and O–H groups in total. The SMILES string of the molecule is CC1CCCCCN1S(=O)(=O)CC1CN(C)CCO1. The number of rotatable bonds is 3. The minimum Gasteiger partial charge on any atom is -0.374 e. The summed E-state index contributed by atoms with van der Waals surface area (Å²) >= 11 is 0. The van der Waals surface area contributed by atoms with Crippen molar-refractivity contribution in [2.75, 3.05) is 39.0 Å². The zero-order valence-electron chi connectivity index (χ0n) is 12.0. The molecule has 0 bridgehead atoms. The predicted molar refractivity (Wildman–Crippen MR) is 75.7 cm³/mol. The highest BCUT2D eigenvalue weighted by molar-refractivity contribution is 7.89. The van der Waals surface area contributed by atoms with E-state index in [1.54, 1.807) is 4.31 Å². The van der Waals surface area contributed by atoms with Gasteiger partial charge in [-0.15, -0.1) is 0 Å². The molecule has 0 radical (unpaired) electrons. The van der Waals surface area contributed by atoms with Crippen LogP contribution in [0.3, 0.4) is 0 Å². The molecule has 0 aromatic rings. The molecule has 0 aromatic carbocycles.